The summed E-state index contributed by atoms with van der Waals surface area (Å²) in [4.78, 5) is 9.72. The van der Waals surface area contributed by atoms with Crippen LogP contribution in [0.5, 0.6) is 0 Å². The minimum Gasteiger partial charge on any atom is -0.379 e. The van der Waals surface area contributed by atoms with Crippen LogP contribution in [-0.2, 0) is 18.3 Å². The molecule has 0 spiro atoms. The Morgan fingerprint density at radius 1 is 1.19 bits per heavy atom. The van der Waals surface area contributed by atoms with Gasteiger partial charge in [-0.05, 0) is 32.7 Å². The Morgan fingerprint density at radius 2 is 1.94 bits per heavy atom. The quantitative estimate of drug-likeness (QED) is 0.158. The van der Waals surface area contributed by atoms with E-state index >= 15 is 0 Å². The molecule has 1 aromatic rings. The molecule has 2 saturated heterocycles. The third-order valence-electron chi connectivity index (χ3n) is 5.92. The van der Waals surface area contributed by atoms with Crippen molar-refractivity contribution in [3.05, 3.63) is 24.3 Å². The van der Waals surface area contributed by atoms with E-state index in [1.54, 1.807) is 0 Å². The van der Waals surface area contributed by atoms with Gasteiger partial charge in [-0.3, -0.25) is 9.80 Å². The SMILES string of the molecule is C=CCN1CCC(NC(=NCc2nnc(C)n2C)NCCCN2CCOCC2)CC1.I. The number of hydrogen-bond donors (Lipinski definition) is 2. The molecular formula is C21H39IN8O. The molecule has 3 rings (SSSR count). The van der Waals surface area contributed by atoms with E-state index in [1.165, 1.54) is 0 Å². The number of aromatic nitrogens is 3. The summed E-state index contributed by atoms with van der Waals surface area (Å²) in [7, 11) is 1.98. The number of nitrogens with zero attached hydrogens (tertiary/aromatic N) is 6. The van der Waals surface area contributed by atoms with Crippen molar-refractivity contribution < 1.29 is 4.74 Å². The molecule has 0 bridgehead atoms. The Kier molecular flexibility index (Phi) is 11.8. The van der Waals surface area contributed by atoms with Crippen LogP contribution in [-0.4, -0.2) is 95.6 Å². The molecule has 0 atom stereocenters. The highest BCUT2D eigenvalue weighted by molar-refractivity contribution is 14.0. The number of hydrogen-bond acceptors (Lipinski definition) is 6. The zero-order valence-electron chi connectivity index (χ0n) is 19.1. The van der Waals surface area contributed by atoms with Gasteiger partial charge in [0.15, 0.2) is 11.8 Å². The maximum Gasteiger partial charge on any atom is 0.191 e. The van der Waals surface area contributed by atoms with Crippen LogP contribution in [0, 0.1) is 6.92 Å². The van der Waals surface area contributed by atoms with Crippen LogP contribution in [0.15, 0.2) is 17.6 Å². The van der Waals surface area contributed by atoms with Gasteiger partial charge in [0, 0.05) is 52.4 Å². The molecule has 2 fully saturated rings. The van der Waals surface area contributed by atoms with Crippen LogP contribution in [0.1, 0.15) is 30.9 Å². The third-order valence-corrected chi connectivity index (χ3v) is 5.92. The monoisotopic (exact) mass is 546 g/mol. The minimum absolute atomic E-state index is 0. The van der Waals surface area contributed by atoms with Crippen molar-refractivity contribution in [2.45, 2.75) is 38.8 Å². The van der Waals surface area contributed by atoms with Crippen LogP contribution in [0.2, 0.25) is 0 Å². The number of aliphatic imine (C=N–C) groups is 1. The summed E-state index contributed by atoms with van der Waals surface area (Å²) < 4.78 is 7.42. The van der Waals surface area contributed by atoms with Gasteiger partial charge in [-0.2, -0.15) is 0 Å². The molecule has 9 nitrogen and oxygen atoms in total. The Labute approximate surface area is 203 Å². The van der Waals surface area contributed by atoms with E-state index in [-0.39, 0.29) is 24.0 Å². The Bertz CT molecular complexity index is 681. The lowest BCUT2D eigenvalue weighted by molar-refractivity contribution is 0.0376. The highest BCUT2D eigenvalue weighted by Crippen LogP contribution is 2.10. The second-order valence-electron chi connectivity index (χ2n) is 8.13. The fraction of sp³-hybridized carbons (Fsp3) is 0.762. The summed E-state index contributed by atoms with van der Waals surface area (Å²) in [6, 6.07) is 0.442. The average Bonchev–Trinajstić information content (AvgIpc) is 3.09. The molecule has 31 heavy (non-hydrogen) atoms. The van der Waals surface area contributed by atoms with Crippen molar-refractivity contribution in [1.82, 2.24) is 35.2 Å². The van der Waals surface area contributed by atoms with E-state index in [9.17, 15) is 0 Å². The molecule has 3 heterocycles. The Hall–Kier alpha value is -1.24. The van der Waals surface area contributed by atoms with Crippen molar-refractivity contribution >= 4 is 29.9 Å². The van der Waals surface area contributed by atoms with E-state index < -0.39 is 0 Å². The highest BCUT2D eigenvalue weighted by atomic mass is 127. The van der Waals surface area contributed by atoms with Gasteiger partial charge in [-0.15, -0.1) is 40.8 Å². The van der Waals surface area contributed by atoms with E-state index in [2.05, 4.69) is 37.2 Å². The van der Waals surface area contributed by atoms with Gasteiger partial charge in [-0.25, -0.2) is 4.99 Å². The summed E-state index contributed by atoms with van der Waals surface area (Å²) in [5.41, 5.74) is 0. The maximum absolute atomic E-state index is 5.43. The van der Waals surface area contributed by atoms with Crippen molar-refractivity contribution in [1.29, 1.82) is 0 Å². The number of rotatable bonds is 9. The predicted octanol–water partition coefficient (Wildman–Crippen LogP) is 1.15. The number of nitrogens with one attached hydrogen (secondary N) is 2. The fourth-order valence-electron chi connectivity index (χ4n) is 3.86. The first-order valence-corrected chi connectivity index (χ1v) is 11.2. The predicted molar refractivity (Wildman–Crippen MR) is 135 cm³/mol. The van der Waals surface area contributed by atoms with Gasteiger partial charge in [0.05, 0.1) is 13.2 Å². The van der Waals surface area contributed by atoms with E-state index in [0.717, 1.165) is 95.9 Å². The second kappa shape index (κ2) is 14.0. The van der Waals surface area contributed by atoms with Crippen molar-refractivity contribution in [2.24, 2.45) is 12.0 Å². The summed E-state index contributed by atoms with van der Waals surface area (Å²) in [5, 5.41) is 15.6. The first-order valence-electron chi connectivity index (χ1n) is 11.2. The number of ether oxygens (including phenoxy) is 1. The first-order chi connectivity index (χ1) is 14.7. The first kappa shape index (κ1) is 26.0. The van der Waals surface area contributed by atoms with Gasteiger partial charge < -0.3 is 19.9 Å². The molecule has 0 aliphatic carbocycles. The highest BCUT2D eigenvalue weighted by Gasteiger charge is 2.19. The smallest absolute Gasteiger partial charge is 0.191 e. The lowest BCUT2D eigenvalue weighted by Crippen LogP contribution is -2.49. The molecule has 0 aromatic carbocycles. The minimum atomic E-state index is 0. The molecule has 0 unspecified atom stereocenters. The third kappa shape index (κ3) is 8.66. The summed E-state index contributed by atoms with van der Waals surface area (Å²) in [5.74, 6) is 2.66. The molecule has 2 aliphatic rings. The molecule has 2 N–H and O–H groups in total. The van der Waals surface area contributed by atoms with Gasteiger partial charge in [0.25, 0.3) is 0 Å². The lowest BCUT2D eigenvalue weighted by Gasteiger charge is -2.32. The standard InChI is InChI=1S/C21H38N8O.HI/c1-4-9-28-11-6-19(7-12-28)24-21(23-17-20-26-25-18(2)27(20)3)22-8-5-10-29-13-15-30-16-14-29;/h4,19H,1,5-17H2,2-3H3,(H2,22,23,24);1H. The van der Waals surface area contributed by atoms with Crippen LogP contribution < -0.4 is 10.6 Å². The van der Waals surface area contributed by atoms with Crippen LogP contribution in [0.4, 0.5) is 0 Å². The molecule has 1 aromatic heterocycles. The fourth-order valence-corrected chi connectivity index (χ4v) is 3.86. The average molecular weight is 547 g/mol. The molecule has 0 amide bonds. The summed E-state index contributed by atoms with van der Waals surface area (Å²) >= 11 is 0. The van der Waals surface area contributed by atoms with Crippen LogP contribution in [0.3, 0.4) is 0 Å². The molecule has 176 valence electrons. The lowest BCUT2D eigenvalue weighted by atomic mass is 10.1. The van der Waals surface area contributed by atoms with Gasteiger partial charge in [0.2, 0.25) is 0 Å². The zero-order valence-corrected chi connectivity index (χ0v) is 21.4. The normalized spacial score (nSPS) is 19.1. The number of piperidine rings is 1. The van der Waals surface area contributed by atoms with Gasteiger partial charge in [0.1, 0.15) is 12.4 Å². The van der Waals surface area contributed by atoms with Gasteiger partial charge >= 0.3 is 0 Å². The van der Waals surface area contributed by atoms with E-state index in [0.29, 0.717) is 12.6 Å². The van der Waals surface area contributed by atoms with Crippen LogP contribution >= 0.6 is 24.0 Å². The molecule has 10 heteroatoms. The van der Waals surface area contributed by atoms with E-state index in [4.69, 9.17) is 9.73 Å². The Morgan fingerprint density at radius 3 is 2.58 bits per heavy atom. The van der Waals surface area contributed by atoms with Crippen LogP contribution in [0.25, 0.3) is 0 Å². The van der Waals surface area contributed by atoms with E-state index in [1.807, 2.05) is 24.6 Å². The zero-order chi connectivity index (χ0) is 21.2. The Balaban J connectivity index is 0.00000341. The van der Waals surface area contributed by atoms with Crippen molar-refractivity contribution in [3.63, 3.8) is 0 Å². The topological polar surface area (TPSA) is 82.8 Å². The second-order valence-corrected chi connectivity index (χ2v) is 8.13. The van der Waals surface area contributed by atoms with Gasteiger partial charge in [-0.1, -0.05) is 6.08 Å². The molecule has 2 aliphatic heterocycles. The largest absolute Gasteiger partial charge is 0.379 e. The number of guanidine groups is 1. The van der Waals surface area contributed by atoms with Crippen molar-refractivity contribution in [3.8, 4) is 0 Å². The van der Waals surface area contributed by atoms with Crippen molar-refractivity contribution in [2.75, 3.05) is 59.0 Å². The maximum atomic E-state index is 5.43. The number of aryl methyl sites for hydroxylation is 1. The number of likely N-dealkylation sites (tertiary alicyclic amines) is 1. The number of halogens is 1. The molecule has 0 saturated carbocycles. The summed E-state index contributed by atoms with van der Waals surface area (Å²) in [6.45, 7) is 15.2. The summed E-state index contributed by atoms with van der Waals surface area (Å²) in [6.07, 6.45) is 5.30. The number of morpholine rings is 1. The molecular weight excluding hydrogens is 507 g/mol. The molecule has 0 radical (unpaired) electrons.